The fraction of sp³-hybridized carbons (Fsp3) is 0.800. The predicted molar refractivity (Wildman–Crippen MR) is 65.6 cm³/mol. The van der Waals surface area contributed by atoms with Gasteiger partial charge in [-0.1, -0.05) is 6.58 Å². The van der Waals surface area contributed by atoms with Crippen molar-refractivity contribution in [3.63, 3.8) is 0 Å². The maximum atomic E-state index is 11.7. The van der Waals surface area contributed by atoms with Crippen molar-refractivity contribution in [3.05, 3.63) is 12.3 Å². The van der Waals surface area contributed by atoms with Gasteiger partial charge in [0.15, 0.2) is 0 Å². The molecule has 2 N–H and O–H groups in total. The molecule has 1 aliphatic rings. The smallest absolute Gasteiger partial charge is 0.232 e. The van der Waals surface area contributed by atoms with Crippen molar-refractivity contribution in [2.75, 3.05) is 25.9 Å². The van der Waals surface area contributed by atoms with E-state index < -0.39 is 10.0 Å². The Labute approximate surface area is 97.9 Å². The predicted octanol–water partition coefficient (Wildman–Crippen LogP) is -0.268. The van der Waals surface area contributed by atoms with Crippen molar-refractivity contribution < 1.29 is 8.42 Å². The second-order valence-corrected chi connectivity index (χ2v) is 6.21. The van der Waals surface area contributed by atoms with Gasteiger partial charge in [0, 0.05) is 31.4 Å². The second-order valence-electron chi connectivity index (χ2n) is 4.35. The largest absolute Gasteiger partial charge is 0.314 e. The normalized spacial score (nSPS) is 22.1. The molecular weight excluding hydrogens is 226 g/mol. The quantitative estimate of drug-likeness (QED) is 0.718. The zero-order chi connectivity index (χ0) is 12.3. The summed E-state index contributed by atoms with van der Waals surface area (Å²) in [5.41, 5.74) is 0.615. The number of piperazine rings is 1. The lowest BCUT2D eigenvalue weighted by molar-refractivity contribution is 0.354. The van der Waals surface area contributed by atoms with Gasteiger partial charge in [-0.05, 0) is 13.8 Å². The van der Waals surface area contributed by atoms with E-state index in [9.17, 15) is 8.42 Å². The summed E-state index contributed by atoms with van der Waals surface area (Å²) in [6.07, 6.45) is 1.22. The highest BCUT2D eigenvalue weighted by Gasteiger charge is 2.27. The van der Waals surface area contributed by atoms with E-state index >= 15 is 0 Å². The lowest BCUT2D eigenvalue weighted by Crippen LogP contribution is -2.53. The Morgan fingerprint density at radius 3 is 2.44 bits per heavy atom. The summed E-state index contributed by atoms with van der Waals surface area (Å²) < 4.78 is 24.7. The van der Waals surface area contributed by atoms with Crippen LogP contribution in [-0.2, 0) is 10.0 Å². The average Bonchev–Trinajstić information content (AvgIpc) is 2.16. The molecular formula is C10H21N3O2S. The monoisotopic (exact) mass is 247 g/mol. The Hall–Kier alpha value is -0.590. The van der Waals surface area contributed by atoms with Crippen LogP contribution in [0.1, 0.15) is 13.8 Å². The molecule has 0 aromatic rings. The molecule has 1 atom stereocenters. The van der Waals surface area contributed by atoms with E-state index in [1.54, 1.807) is 0 Å². The maximum absolute atomic E-state index is 11.7. The van der Waals surface area contributed by atoms with E-state index in [2.05, 4.69) is 17.2 Å². The zero-order valence-electron chi connectivity index (χ0n) is 10.2. The first-order valence-electron chi connectivity index (χ1n) is 5.46. The molecule has 1 saturated heterocycles. The molecule has 0 aromatic carbocycles. The third-order valence-corrected chi connectivity index (χ3v) is 3.92. The lowest BCUT2D eigenvalue weighted by Gasteiger charge is -2.35. The Morgan fingerprint density at radius 2 is 2.06 bits per heavy atom. The maximum Gasteiger partial charge on any atom is 0.232 e. The summed E-state index contributed by atoms with van der Waals surface area (Å²) in [5.74, 6) is 0. The lowest BCUT2D eigenvalue weighted by atomic mass is 10.1. The summed E-state index contributed by atoms with van der Waals surface area (Å²) in [7, 11) is -3.25. The summed E-state index contributed by atoms with van der Waals surface area (Å²) in [4.78, 5) is 0. The Morgan fingerprint density at radius 1 is 1.44 bits per heavy atom. The molecule has 0 aliphatic carbocycles. The van der Waals surface area contributed by atoms with Gasteiger partial charge in [0.2, 0.25) is 10.0 Å². The van der Waals surface area contributed by atoms with Gasteiger partial charge >= 0.3 is 0 Å². The van der Waals surface area contributed by atoms with E-state index in [1.165, 1.54) is 10.6 Å². The van der Waals surface area contributed by atoms with Gasteiger partial charge in [-0.25, -0.2) is 8.42 Å². The fourth-order valence-electron chi connectivity index (χ4n) is 1.97. The van der Waals surface area contributed by atoms with Crippen LogP contribution in [0.4, 0.5) is 0 Å². The summed E-state index contributed by atoms with van der Waals surface area (Å²) >= 11 is 0. The van der Waals surface area contributed by atoms with Crippen LogP contribution in [0.3, 0.4) is 0 Å². The Balaban J connectivity index is 2.83. The van der Waals surface area contributed by atoms with Crippen LogP contribution in [0.2, 0.25) is 0 Å². The molecule has 1 aliphatic heterocycles. The first kappa shape index (κ1) is 13.5. The van der Waals surface area contributed by atoms with Gasteiger partial charge < -0.3 is 10.6 Å². The van der Waals surface area contributed by atoms with Crippen molar-refractivity contribution in [3.8, 4) is 0 Å². The van der Waals surface area contributed by atoms with Crippen LogP contribution in [0.25, 0.3) is 0 Å². The molecule has 16 heavy (non-hydrogen) atoms. The molecule has 94 valence electrons. The van der Waals surface area contributed by atoms with Crippen LogP contribution >= 0.6 is 0 Å². The molecule has 5 nitrogen and oxygen atoms in total. The minimum atomic E-state index is -3.25. The minimum Gasteiger partial charge on any atom is -0.314 e. The number of nitrogens with one attached hydrogen (secondary N) is 2. The molecule has 0 aromatic heterocycles. The minimum absolute atomic E-state index is 0.00845. The first-order chi connectivity index (χ1) is 7.34. The van der Waals surface area contributed by atoms with Crippen LogP contribution in [-0.4, -0.2) is 50.7 Å². The number of nitrogens with zero attached hydrogens (tertiary/aromatic N) is 1. The van der Waals surface area contributed by atoms with Crippen molar-refractivity contribution in [2.24, 2.45) is 0 Å². The highest BCUT2D eigenvalue weighted by molar-refractivity contribution is 7.88. The summed E-state index contributed by atoms with van der Waals surface area (Å²) in [5, 5.41) is 6.47. The van der Waals surface area contributed by atoms with Gasteiger partial charge in [-0.2, -0.15) is 0 Å². The van der Waals surface area contributed by atoms with E-state index in [0.29, 0.717) is 5.70 Å². The number of hydrogen-bond donors (Lipinski definition) is 2. The average molecular weight is 247 g/mol. The molecule has 0 amide bonds. The number of hydrogen-bond acceptors (Lipinski definition) is 4. The van der Waals surface area contributed by atoms with E-state index in [-0.39, 0.29) is 12.1 Å². The van der Waals surface area contributed by atoms with Gasteiger partial charge in [-0.3, -0.25) is 4.31 Å². The Kier molecular flexibility index (Phi) is 4.35. The van der Waals surface area contributed by atoms with Crippen molar-refractivity contribution >= 4 is 10.0 Å². The van der Waals surface area contributed by atoms with Gasteiger partial charge in [0.05, 0.1) is 12.3 Å². The number of rotatable bonds is 4. The van der Waals surface area contributed by atoms with Gasteiger partial charge in [0.1, 0.15) is 0 Å². The standard InChI is InChI=1S/C10H21N3O2S/c1-8(2)13(16(4,14)15)9(3)10-7-11-5-6-12-10/h8,10-12H,3,5-7H2,1-2,4H3. The molecule has 1 rings (SSSR count). The molecule has 0 bridgehead atoms. The highest BCUT2D eigenvalue weighted by Crippen LogP contribution is 2.16. The van der Waals surface area contributed by atoms with E-state index in [1.807, 2.05) is 13.8 Å². The third-order valence-electron chi connectivity index (χ3n) is 2.55. The molecule has 6 heteroatoms. The van der Waals surface area contributed by atoms with Crippen molar-refractivity contribution in [1.82, 2.24) is 14.9 Å². The number of sulfonamides is 1. The van der Waals surface area contributed by atoms with E-state index in [0.717, 1.165) is 19.6 Å². The molecule has 0 radical (unpaired) electrons. The SMILES string of the molecule is C=C(C1CNCCN1)N(C(C)C)S(C)(=O)=O. The highest BCUT2D eigenvalue weighted by atomic mass is 32.2. The molecule has 0 saturated carbocycles. The third kappa shape index (κ3) is 3.20. The summed E-state index contributed by atoms with van der Waals surface area (Å²) in [6, 6.07) is -0.114. The second kappa shape index (κ2) is 5.16. The first-order valence-corrected chi connectivity index (χ1v) is 7.31. The summed E-state index contributed by atoms with van der Waals surface area (Å²) in [6.45, 7) is 10.1. The van der Waals surface area contributed by atoms with Gasteiger partial charge in [0.25, 0.3) is 0 Å². The van der Waals surface area contributed by atoms with Crippen LogP contribution in [0.5, 0.6) is 0 Å². The molecule has 0 spiro atoms. The van der Waals surface area contributed by atoms with Crippen LogP contribution in [0, 0.1) is 0 Å². The van der Waals surface area contributed by atoms with Gasteiger partial charge in [-0.15, -0.1) is 0 Å². The van der Waals surface area contributed by atoms with E-state index in [4.69, 9.17) is 0 Å². The fourth-order valence-corrected chi connectivity index (χ4v) is 3.29. The van der Waals surface area contributed by atoms with Crippen LogP contribution < -0.4 is 10.6 Å². The van der Waals surface area contributed by atoms with Crippen molar-refractivity contribution in [1.29, 1.82) is 0 Å². The van der Waals surface area contributed by atoms with Crippen LogP contribution in [0.15, 0.2) is 12.3 Å². The molecule has 1 unspecified atom stereocenters. The van der Waals surface area contributed by atoms with Crippen molar-refractivity contribution in [2.45, 2.75) is 25.9 Å². The Bertz CT molecular complexity index is 345. The topological polar surface area (TPSA) is 61.4 Å². The molecule has 1 fully saturated rings. The molecule has 1 heterocycles. The zero-order valence-corrected chi connectivity index (χ0v) is 11.0.